The molecule has 0 aromatic rings. The predicted octanol–water partition coefficient (Wildman–Crippen LogP) is 14.4. The van der Waals surface area contributed by atoms with Crippen molar-refractivity contribution in [2.75, 3.05) is 47.5 Å². The van der Waals surface area contributed by atoms with E-state index in [0.29, 0.717) is 23.9 Å². The summed E-state index contributed by atoms with van der Waals surface area (Å²) in [6.45, 7) is 4.19. The smallest absolute Gasteiger partial charge is 0.306 e. The first-order valence-electron chi connectivity index (χ1n) is 25.3. The van der Waals surface area contributed by atoms with Gasteiger partial charge in [-0.15, -0.1) is 0 Å². The Bertz CT molecular complexity index is 1190. The quantitative estimate of drug-likeness (QED) is 0.0195. The summed E-state index contributed by atoms with van der Waals surface area (Å²) in [4.78, 5) is 37.7. The molecule has 0 fully saturated rings. The fraction of sp³-hybridized carbons (Fsp3) is 0.808. The van der Waals surface area contributed by atoms with Crippen LogP contribution in [-0.4, -0.2) is 70.0 Å². The van der Waals surface area contributed by atoms with E-state index in [4.69, 9.17) is 18.5 Å². The van der Waals surface area contributed by atoms with Crippen LogP contribution in [0, 0.1) is 0 Å². The molecule has 362 valence electrons. The summed E-state index contributed by atoms with van der Waals surface area (Å²) in [6.07, 6.45) is 52.9. The van der Waals surface area contributed by atoms with Gasteiger partial charge in [0.2, 0.25) is 0 Å². The summed E-state index contributed by atoms with van der Waals surface area (Å²) in [5.41, 5.74) is 0. The molecule has 0 aliphatic rings. The Balaban J connectivity index is 4.35. The van der Waals surface area contributed by atoms with E-state index in [1.807, 2.05) is 21.1 Å². The van der Waals surface area contributed by atoms with Gasteiger partial charge in [-0.25, -0.2) is 0 Å². The zero-order chi connectivity index (χ0) is 45.7. The van der Waals surface area contributed by atoms with Crippen LogP contribution in [0.3, 0.4) is 0 Å². The first kappa shape index (κ1) is 60.0. The van der Waals surface area contributed by atoms with Crippen LogP contribution in [0.1, 0.15) is 219 Å². The zero-order valence-electron chi connectivity index (χ0n) is 40.8. The molecule has 0 bridgehead atoms. The Hall–Kier alpha value is -2.03. The largest absolute Gasteiger partial charge is 0.756 e. The Morgan fingerprint density at radius 3 is 1.34 bits per heavy atom. The van der Waals surface area contributed by atoms with Gasteiger partial charge < -0.3 is 27.9 Å². The molecule has 0 rings (SSSR count). The number of esters is 2. The van der Waals surface area contributed by atoms with Crippen molar-refractivity contribution in [3.63, 3.8) is 0 Å². The standard InChI is InChI=1S/C52H96NO8P/c1-6-8-10-12-14-16-18-20-22-24-25-26-27-29-30-32-34-36-38-40-42-44-51(54)58-48-50(49-60-62(56,57)59-47-46-53(3,4)5)61-52(55)45-43-41-39-37-35-33-31-28-23-21-19-17-15-13-11-9-7-2/h22,24,26-27,30,32,36,38,50H,6-21,23,25,28-29,31,33-35,37,39-49H2,1-5H3/b24-22+,27-26+,32-30+,38-36+/t50-/m1/s1. The number of hydrogen-bond donors (Lipinski definition) is 0. The number of carbonyl (C=O) groups excluding carboxylic acids is 2. The summed E-state index contributed by atoms with van der Waals surface area (Å²) in [6, 6.07) is 0. The van der Waals surface area contributed by atoms with Gasteiger partial charge in [-0.2, -0.15) is 0 Å². The maximum atomic E-state index is 12.7. The molecule has 0 spiro atoms. The minimum absolute atomic E-state index is 0.0391. The van der Waals surface area contributed by atoms with Gasteiger partial charge in [0.15, 0.2) is 6.10 Å². The highest BCUT2D eigenvalue weighted by Crippen LogP contribution is 2.38. The molecule has 0 heterocycles. The van der Waals surface area contributed by atoms with Crippen molar-refractivity contribution in [2.24, 2.45) is 0 Å². The molecule has 0 aromatic carbocycles. The van der Waals surface area contributed by atoms with Crippen LogP contribution in [0.2, 0.25) is 0 Å². The van der Waals surface area contributed by atoms with E-state index < -0.39 is 32.5 Å². The third kappa shape index (κ3) is 47.4. The number of hydrogen-bond acceptors (Lipinski definition) is 8. The zero-order valence-corrected chi connectivity index (χ0v) is 41.7. The van der Waals surface area contributed by atoms with Gasteiger partial charge in [0.05, 0.1) is 27.7 Å². The third-order valence-electron chi connectivity index (χ3n) is 10.9. The van der Waals surface area contributed by atoms with Gasteiger partial charge in [-0.05, 0) is 51.4 Å². The van der Waals surface area contributed by atoms with Gasteiger partial charge >= 0.3 is 11.9 Å². The fourth-order valence-corrected chi connectivity index (χ4v) is 7.61. The van der Waals surface area contributed by atoms with Gasteiger partial charge in [-0.3, -0.25) is 14.2 Å². The van der Waals surface area contributed by atoms with Gasteiger partial charge in [-0.1, -0.05) is 204 Å². The molecule has 0 N–H and O–H groups in total. The number of phosphoric acid groups is 1. The van der Waals surface area contributed by atoms with E-state index in [9.17, 15) is 19.0 Å². The van der Waals surface area contributed by atoms with Crippen molar-refractivity contribution in [3.05, 3.63) is 48.6 Å². The van der Waals surface area contributed by atoms with Crippen LogP contribution in [-0.2, 0) is 32.7 Å². The van der Waals surface area contributed by atoms with Gasteiger partial charge in [0, 0.05) is 12.8 Å². The predicted molar refractivity (Wildman–Crippen MR) is 259 cm³/mol. The van der Waals surface area contributed by atoms with Gasteiger partial charge in [0.25, 0.3) is 7.82 Å². The molecular formula is C52H96NO8P. The maximum absolute atomic E-state index is 12.7. The first-order chi connectivity index (χ1) is 30.0. The van der Waals surface area contributed by atoms with Crippen LogP contribution >= 0.6 is 7.82 Å². The molecule has 0 saturated carbocycles. The van der Waals surface area contributed by atoms with Crippen molar-refractivity contribution in [1.82, 2.24) is 0 Å². The lowest BCUT2D eigenvalue weighted by Crippen LogP contribution is -2.37. The summed E-state index contributed by atoms with van der Waals surface area (Å²) >= 11 is 0. The summed E-state index contributed by atoms with van der Waals surface area (Å²) < 4.78 is 34.0. The SMILES string of the molecule is CCCCCCCCC/C=C/C/C=C/C/C=C/C/C=C/CCCC(=O)OC[C@H](COP(=O)([O-])OCC[N+](C)(C)C)OC(=O)CCCCCCCCCCCCCCCCCCC. The molecule has 9 nitrogen and oxygen atoms in total. The van der Waals surface area contributed by atoms with E-state index in [1.165, 1.54) is 135 Å². The normalized spacial score (nSPS) is 13.8. The number of allylic oxidation sites excluding steroid dienone is 8. The number of phosphoric ester groups is 1. The van der Waals surface area contributed by atoms with E-state index in [2.05, 4.69) is 62.5 Å². The molecule has 0 amide bonds. The number of nitrogens with zero attached hydrogens (tertiary/aromatic N) is 1. The molecule has 0 aliphatic carbocycles. The monoisotopic (exact) mass is 894 g/mol. The number of carbonyl (C=O) groups is 2. The highest BCUT2D eigenvalue weighted by atomic mass is 31.2. The molecule has 2 atom stereocenters. The second kappa shape index (κ2) is 44.2. The Kier molecular flexibility index (Phi) is 42.7. The van der Waals surface area contributed by atoms with E-state index in [0.717, 1.165) is 44.9 Å². The average Bonchev–Trinajstić information content (AvgIpc) is 3.23. The lowest BCUT2D eigenvalue weighted by atomic mass is 10.0. The van der Waals surface area contributed by atoms with Crippen LogP contribution in [0.25, 0.3) is 0 Å². The van der Waals surface area contributed by atoms with E-state index in [-0.39, 0.29) is 26.1 Å². The topological polar surface area (TPSA) is 111 Å². The van der Waals surface area contributed by atoms with Crippen molar-refractivity contribution in [2.45, 2.75) is 225 Å². The van der Waals surface area contributed by atoms with Crippen molar-refractivity contribution >= 4 is 19.8 Å². The molecule has 0 radical (unpaired) electrons. The highest BCUT2D eigenvalue weighted by molar-refractivity contribution is 7.45. The van der Waals surface area contributed by atoms with Crippen molar-refractivity contribution in [3.8, 4) is 0 Å². The van der Waals surface area contributed by atoms with Crippen LogP contribution in [0.15, 0.2) is 48.6 Å². The first-order valence-corrected chi connectivity index (χ1v) is 26.8. The molecule has 10 heteroatoms. The van der Waals surface area contributed by atoms with Crippen LogP contribution < -0.4 is 4.89 Å². The molecule has 1 unspecified atom stereocenters. The highest BCUT2D eigenvalue weighted by Gasteiger charge is 2.21. The van der Waals surface area contributed by atoms with E-state index >= 15 is 0 Å². The number of unbranched alkanes of at least 4 members (excludes halogenated alkanes) is 24. The van der Waals surface area contributed by atoms with Crippen molar-refractivity contribution in [1.29, 1.82) is 0 Å². The maximum Gasteiger partial charge on any atom is 0.306 e. The Morgan fingerprint density at radius 1 is 0.500 bits per heavy atom. The molecule has 0 saturated heterocycles. The minimum Gasteiger partial charge on any atom is -0.756 e. The fourth-order valence-electron chi connectivity index (χ4n) is 6.88. The average molecular weight is 894 g/mol. The molecule has 62 heavy (non-hydrogen) atoms. The molecule has 0 aromatic heterocycles. The Labute approximate surface area is 382 Å². The number of rotatable bonds is 46. The van der Waals surface area contributed by atoms with Crippen molar-refractivity contribution < 1.29 is 42.1 Å². The third-order valence-corrected chi connectivity index (χ3v) is 11.8. The van der Waals surface area contributed by atoms with E-state index in [1.54, 1.807) is 0 Å². The van der Waals surface area contributed by atoms with Gasteiger partial charge in [0.1, 0.15) is 19.8 Å². The lowest BCUT2D eigenvalue weighted by Gasteiger charge is -2.28. The van der Waals surface area contributed by atoms with Crippen LogP contribution in [0.5, 0.6) is 0 Å². The number of ether oxygens (including phenoxy) is 2. The Morgan fingerprint density at radius 2 is 0.887 bits per heavy atom. The number of likely N-dealkylation sites (N-methyl/N-ethyl adjacent to an activating group) is 1. The summed E-state index contributed by atoms with van der Waals surface area (Å²) in [7, 11) is 1.14. The summed E-state index contributed by atoms with van der Waals surface area (Å²) in [5.74, 6) is -0.893. The second-order valence-electron chi connectivity index (χ2n) is 18.2. The van der Waals surface area contributed by atoms with Crippen LogP contribution in [0.4, 0.5) is 0 Å². The second-order valence-corrected chi connectivity index (χ2v) is 19.6. The molecular weight excluding hydrogens is 798 g/mol. The lowest BCUT2D eigenvalue weighted by molar-refractivity contribution is -0.870. The minimum atomic E-state index is -4.64. The summed E-state index contributed by atoms with van der Waals surface area (Å²) in [5, 5.41) is 0. The molecule has 0 aliphatic heterocycles. The number of quaternary nitrogens is 1.